The first-order valence-electron chi connectivity index (χ1n) is 5.02. The highest BCUT2D eigenvalue weighted by molar-refractivity contribution is 8.26. The largest absolute Gasteiger partial charge is 0.548 e. The number of hydrogen-bond acceptors (Lipinski definition) is 6. The molecule has 1 aromatic heterocycles. The molecule has 18 heavy (non-hydrogen) atoms. The van der Waals surface area contributed by atoms with Crippen molar-refractivity contribution in [3.05, 3.63) is 27.3 Å². The Bertz CT molecular complexity index is 536. The van der Waals surface area contributed by atoms with Gasteiger partial charge in [0.1, 0.15) is 4.32 Å². The third kappa shape index (κ3) is 2.47. The van der Waals surface area contributed by atoms with Gasteiger partial charge in [0.2, 0.25) is 0 Å². The predicted molar refractivity (Wildman–Crippen MR) is 73.8 cm³/mol. The molecule has 1 atom stereocenters. The summed E-state index contributed by atoms with van der Waals surface area (Å²) >= 11 is 7.63. The normalized spacial score (nSPS) is 19.6. The van der Waals surface area contributed by atoms with Crippen molar-refractivity contribution in [2.24, 2.45) is 0 Å². The minimum atomic E-state index is -1.32. The average molecular weight is 298 g/mol. The number of carboxylic acid groups (broad SMARTS) is 1. The fraction of sp³-hybridized carbons (Fsp3) is 0.182. The molecular weight excluding hydrogens is 290 g/mol. The van der Waals surface area contributed by atoms with Crippen molar-refractivity contribution >= 4 is 57.6 Å². The lowest BCUT2D eigenvalue weighted by Crippen LogP contribution is -2.48. The molecule has 0 spiro atoms. The Balaban J connectivity index is 2.27. The van der Waals surface area contributed by atoms with Gasteiger partial charge in [-0.3, -0.25) is 9.69 Å². The fourth-order valence-corrected chi connectivity index (χ4v) is 3.56. The summed E-state index contributed by atoms with van der Waals surface area (Å²) in [5.74, 6) is -1.70. The van der Waals surface area contributed by atoms with Crippen LogP contribution in [0.25, 0.3) is 6.08 Å². The van der Waals surface area contributed by atoms with Crippen LogP contribution < -0.4 is 5.11 Å². The molecule has 1 saturated heterocycles. The number of aliphatic carboxylic acids is 1. The monoisotopic (exact) mass is 298 g/mol. The average Bonchev–Trinajstić information content (AvgIpc) is 2.88. The van der Waals surface area contributed by atoms with E-state index in [0.717, 1.165) is 21.5 Å². The van der Waals surface area contributed by atoms with Crippen LogP contribution in [0.3, 0.4) is 0 Å². The van der Waals surface area contributed by atoms with Crippen LogP contribution in [0.2, 0.25) is 0 Å². The molecule has 1 amide bonds. The van der Waals surface area contributed by atoms with Gasteiger partial charge < -0.3 is 9.90 Å². The Labute approximate surface area is 117 Å². The van der Waals surface area contributed by atoms with Crippen LogP contribution in [0.4, 0.5) is 0 Å². The molecule has 0 aliphatic carbocycles. The molecule has 0 bridgehead atoms. The molecule has 0 N–H and O–H groups in total. The van der Waals surface area contributed by atoms with E-state index in [1.54, 1.807) is 6.08 Å². The van der Waals surface area contributed by atoms with E-state index in [2.05, 4.69) is 0 Å². The maximum absolute atomic E-state index is 12.1. The Hall–Kier alpha value is -1.18. The molecule has 4 nitrogen and oxygen atoms in total. The molecule has 0 saturated carbocycles. The standard InChI is InChI=1S/C11H9NO3S3/c1-6(10(14)15)12-9(13)8(18-11(12)16)5-7-3-2-4-17-7/h2-6H,1H3,(H,14,15)/p-1/b8-5-/t6-/m1/s1. The summed E-state index contributed by atoms with van der Waals surface area (Å²) in [4.78, 5) is 25.3. The van der Waals surface area contributed by atoms with Crippen molar-refractivity contribution in [3.63, 3.8) is 0 Å². The van der Waals surface area contributed by atoms with E-state index in [1.807, 2.05) is 17.5 Å². The zero-order chi connectivity index (χ0) is 13.3. The molecule has 0 unspecified atom stereocenters. The topological polar surface area (TPSA) is 60.4 Å². The molecule has 1 fully saturated rings. The molecular formula is C11H8NO3S3-. The van der Waals surface area contributed by atoms with Gasteiger partial charge in [-0.2, -0.15) is 0 Å². The number of thioether (sulfide) groups is 1. The Morgan fingerprint density at radius 3 is 2.89 bits per heavy atom. The predicted octanol–water partition coefficient (Wildman–Crippen LogP) is 1.09. The van der Waals surface area contributed by atoms with Gasteiger partial charge in [-0.15, -0.1) is 11.3 Å². The van der Waals surface area contributed by atoms with Crippen LogP contribution in [0, 0.1) is 0 Å². The zero-order valence-electron chi connectivity index (χ0n) is 9.28. The van der Waals surface area contributed by atoms with E-state index >= 15 is 0 Å². The summed E-state index contributed by atoms with van der Waals surface area (Å²) < 4.78 is 0.250. The van der Waals surface area contributed by atoms with E-state index in [-0.39, 0.29) is 10.2 Å². The maximum Gasteiger partial charge on any atom is 0.266 e. The molecule has 0 radical (unpaired) electrons. The van der Waals surface area contributed by atoms with Crippen molar-refractivity contribution < 1.29 is 14.7 Å². The van der Waals surface area contributed by atoms with E-state index in [1.165, 1.54) is 18.3 Å². The fourth-order valence-electron chi connectivity index (χ4n) is 1.42. The van der Waals surface area contributed by atoms with Gasteiger partial charge >= 0.3 is 0 Å². The van der Waals surface area contributed by atoms with Gasteiger partial charge in [0.25, 0.3) is 5.91 Å². The lowest BCUT2D eigenvalue weighted by atomic mass is 10.3. The highest BCUT2D eigenvalue weighted by Gasteiger charge is 2.35. The Morgan fingerprint density at radius 2 is 2.33 bits per heavy atom. The van der Waals surface area contributed by atoms with Gasteiger partial charge in [0.05, 0.1) is 16.9 Å². The molecule has 1 aliphatic heterocycles. The van der Waals surface area contributed by atoms with Crippen molar-refractivity contribution in [1.29, 1.82) is 0 Å². The third-order valence-corrected chi connectivity index (χ3v) is 4.52. The summed E-state index contributed by atoms with van der Waals surface area (Å²) in [7, 11) is 0. The number of thiophene rings is 1. The van der Waals surface area contributed by atoms with Crippen LogP contribution in [-0.4, -0.2) is 27.1 Å². The van der Waals surface area contributed by atoms with E-state index in [9.17, 15) is 14.7 Å². The van der Waals surface area contributed by atoms with Gasteiger partial charge in [0.15, 0.2) is 0 Å². The van der Waals surface area contributed by atoms with Gasteiger partial charge in [0, 0.05) is 4.88 Å². The summed E-state index contributed by atoms with van der Waals surface area (Å²) in [6.07, 6.45) is 1.71. The van der Waals surface area contributed by atoms with Crippen molar-refractivity contribution in [2.45, 2.75) is 13.0 Å². The number of carbonyl (C=O) groups excluding carboxylic acids is 2. The van der Waals surface area contributed by atoms with Crippen molar-refractivity contribution in [2.75, 3.05) is 0 Å². The lowest BCUT2D eigenvalue weighted by Gasteiger charge is -2.23. The number of rotatable bonds is 3. The molecule has 7 heteroatoms. The number of hydrogen-bond donors (Lipinski definition) is 0. The summed E-state index contributed by atoms with van der Waals surface area (Å²) in [6, 6.07) is 2.70. The van der Waals surface area contributed by atoms with Crippen molar-refractivity contribution in [3.8, 4) is 0 Å². The smallest absolute Gasteiger partial charge is 0.266 e. The van der Waals surface area contributed by atoms with E-state index in [0.29, 0.717) is 4.91 Å². The highest BCUT2D eigenvalue weighted by atomic mass is 32.2. The Morgan fingerprint density at radius 1 is 1.61 bits per heavy atom. The van der Waals surface area contributed by atoms with E-state index in [4.69, 9.17) is 12.2 Å². The first-order valence-corrected chi connectivity index (χ1v) is 7.12. The quantitative estimate of drug-likeness (QED) is 0.617. The Kier molecular flexibility index (Phi) is 3.84. The summed E-state index contributed by atoms with van der Waals surface area (Å²) in [5.41, 5.74) is 0. The molecule has 94 valence electrons. The molecule has 0 aromatic carbocycles. The number of carboxylic acids is 1. The number of carbonyl (C=O) groups is 2. The maximum atomic E-state index is 12.1. The second-order valence-corrected chi connectivity index (χ2v) is 6.22. The zero-order valence-corrected chi connectivity index (χ0v) is 11.7. The second-order valence-electron chi connectivity index (χ2n) is 3.56. The SMILES string of the molecule is C[C@H](C(=O)[O-])N1C(=O)/C(=C/c2cccs2)SC1=S. The van der Waals surface area contributed by atoms with Crippen molar-refractivity contribution in [1.82, 2.24) is 4.90 Å². The number of nitrogens with zero attached hydrogens (tertiary/aromatic N) is 1. The second kappa shape index (κ2) is 5.21. The lowest BCUT2D eigenvalue weighted by molar-refractivity contribution is -0.309. The van der Waals surface area contributed by atoms with Crippen LogP contribution in [0.1, 0.15) is 11.8 Å². The van der Waals surface area contributed by atoms with Gasteiger partial charge in [-0.05, 0) is 24.4 Å². The van der Waals surface area contributed by atoms with Crippen LogP contribution >= 0.6 is 35.3 Å². The molecule has 2 rings (SSSR count). The van der Waals surface area contributed by atoms with Gasteiger partial charge in [-0.25, -0.2) is 0 Å². The first-order chi connectivity index (χ1) is 8.50. The summed E-state index contributed by atoms with van der Waals surface area (Å²) in [6.45, 7) is 1.38. The molecule has 1 aromatic rings. The number of thiocarbonyl (C=S) groups is 1. The van der Waals surface area contributed by atoms with Gasteiger partial charge in [-0.1, -0.05) is 30.0 Å². The first kappa shape index (κ1) is 13.3. The van der Waals surface area contributed by atoms with Crippen LogP contribution in [-0.2, 0) is 9.59 Å². The summed E-state index contributed by atoms with van der Waals surface area (Å²) in [5, 5.41) is 12.7. The molecule has 2 heterocycles. The minimum Gasteiger partial charge on any atom is -0.548 e. The van der Waals surface area contributed by atoms with E-state index < -0.39 is 12.0 Å². The third-order valence-electron chi connectivity index (χ3n) is 2.37. The minimum absolute atomic E-state index is 0.250. The molecule has 1 aliphatic rings. The highest BCUT2D eigenvalue weighted by Crippen LogP contribution is 2.34. The number of amides is 1. The van der Waals surface area contributed by atoms with Crippen LogP contribution in [0.15, 0.2) is 22.4 Å². The van der Waals surface area contributed by atoms with Crippen LogP contribution in [0.5, 0.6) is 0 Å².